The van der Waals surface area contributed by atoms with Gasteiger partial charge in [-0.25, -0.2) is 4.79 Å². The molecule has 2 aromatic rings. The zero-order chi connectivity index (χ0) is 20.1. The smallest absolute Gasteiger partial charge is 0.331 e. The van der Waals surface area contributed by atoms with Crippen LogP contribution in [0.3, 0.4) is 0 Å². The summed E-state index contributed by atoms with van der Waals surface area (Å²) in [7, 11) is 3.11. The highest BCUT2D eigenvalue weighted by atomic mass is 16.5. The second-order valence-electron chi connectivity index (χ2n) is 6.49. The second-order valence-corrected chi connectivity index (χ2v) is 6.49. The third-order valence-electron chi connectivity index (χ3n) is 4.65. The quantitative estimate of drug-likeness (QED) is 0.568. The molecule has 3 rings (SSSR count). The summed E-state index contributed by atoms with van der Waals surface area (Å²) in [5.74, 6) is 0.400. The van der Waals surface area contributed by atoms with Gasteiger partial charge in [-0.3, -0.25) is 4.79 Å². The third-order valence-corrected chi connectivity index (χ3v) is 4.65. The van der Waals surface area contributed by atoms with Crippen LogP contribution < -0.4 is 14.4 Å². The minimum Gasteiger partial charge on any atom is -0.497 e. The van der Waals surface area contributed by atoms with Crippen molar-refractivity contribution in [1.29, 1.82) is 0 Å². The van der Waals surface area contributed by atoms with Crippen LogP contribution in [0.15, 0.2) is 48.5 Å². The predicted octanol–water partition coefficient (Wildman–Crippen LogP) is 3.24. The summed E-state index contributed by atoms with van der Waals surface area (Å²) in [4.78, 5) is 26.3. The Labute approximate surface area is 164 Å². The molecule has 0 spiro atoms. The highest BCUT2D eigenvalue weighted by Crippen LogP contribution is 2.31. The number of hydrogen-bond donors (Lipinski definition) is 0. The molecular weight excluding hydrogens is 358 g/mol. The van der Waals surface area contributed by atoms with Crippen LogP contribution in [0.25, 0.3) is 6.08 Å². The van der Waals surface area contributed by atoms with Crippen LogP contribution in [0.5, 0.6) is 11.5 Å². The zero-order valence-electron chi connectivity index (χ0n) is 16.2. The summed E-state index contributed by atoms with van der Waals surface area (Å²) in [6.07, 6.45) is 3.66. The molecule has 146 valence electrons. The van der Waals surface area contributed by atoms with Crippen molar-refractivity contribution in [2.75, 3.05) is 25.7 Å². The second kappa shape index (κ2) is 8.61. The van der Waals surface area contributed by atoms with Gasteiger partial charge in [-0.05, 0) is 43.2 Å². The van der Waals surface area contributed by atoms with Gasteiger partial charge in [0.05, 0.1) is 14.2 Å². The molecule has 1 unspecified atom stereocenters. The molecule has 6 nitrogen and oxygen atoms in total. The number of ether oxygens (including phenoxy) is 3. The van der Waals surface area contributed by atoms with Crippen LogP contribution in [-0.2, 0) is 20.7 Å². The number of methoxy groups -OCH3 is 2. The van der Waals surface area contributed by atoms with Gasteiger partial charge in [0.25, 0.3) is 5.91 Å². The van der Waals surface area contributed by atoms with Crippen LogP contribution in [0.2, 0.25) is 0 Å². The lowest BCUT2D eigenvalue weighted by Gasteiger charge is -2.22. The largest absolute Gasteiger partial charge is 0.497 e. The van der Waals surface area contributed by atoms with Gasteiger partial charge < -0.3 is 19.1 Å². The first-order valence-corrected chi connectivity index (χ1v) is 9.00. The number of amides is 1. The van der Waals surface area contributed by atoms with Crippen LogP contribution >= 0.6 is 0 Å². The van der Waals surface area contributed by atoms with Gasteiger partial charge >= 0.3 is 5.97 Å². The van der Waals surface area contributed by atoms with E-state index < -0.39 is 5.97 Å². The number of anilines is 1. The van der Waals surface area contributed by atoms with Crippen molar-refractivity contribution in [3.63, 3.8) is 0 Å². The predicted molar refractivity (Wildman–Crippen MR) is 107 cm³/mol. The number of hydrogen-bond acceptors (Lipinski definition) is 5. The Kier molecular flexibility index (Phi) is 5.99. The van der Waals surface area contributed by atoms with Gasteiger partial charge in [0, 0.05) is 29.4 Å². The van der Waals surface area contributed by atoms with Crippen molar-refractivity contribution in [3.05, 3.63) is 59.7 Å². The molecule has 1 aliphatic rings. The molecule has 0 aromatic heterocycles. The molecule has 1 atom stereocenters. The van der Waals surface area contributed by atoms with E-state index in [1.165, 1.54) is 13.2 Å². The van der Waals surface area contributed by atoms with Gasteiger partial charge in [-0.2, -0.15) is 0 Å². The molecule has 1 heterocycles. The summed E-state index contributed by atoms with van der Waals surface area (Å²) in [6, 6.07) is 13.1. The molecule has 0 N–H and O–H groups in total. The van der Waals surface area contributed by atoms with E-state index in [1.807, 2.05) is 31.2 Å². The Bertz CT molecular complexity index is 906. The Hall–Kier alpha value is -3.28. The Balaban J connectivity index is 1.60. The van der Waals surface area contributed by atoms with Crippen molar-refractivity contribution in [2.45, 2.75) is 19.4 Å². The summed E-state index contributed by atoms with van der Waals surface area (Å²) in [5, 5.41) is 0. The SMILES string of the molecule is COc1ccc(C=CC(=O)OCC(=O)N2c3ccccc3CC2C)c(OC)c1. The maximum atomic E-state index is 12.6. The minimum atomic E-state index is -0.591. The summed E-state index contributed by atoms with van der Waals surface area (Å²) in [6.45, 7) is 1.68. The summed E-state index contributed by atoms with van der Waals surface area (Å²) < 4.78 is 15.6. The number of carbonyl (C=O) groups excluding carboxylic acids is 2. The van der Waals surface area contributed by atoms with Gasteiger partial charge in [-0.15, -0.1) is 0 Å². The highest BCUT2D eigenvalue weighted by Gasteiger charge is 2.30. The fraction of sp³-hybridized carbons (Fsp3) is 0.273. The van der Waals surface area contributed by atoms with Crippen LogP contribution in [0.4, 0.5) is 5.69 Å². The normalized spacial score (nSPS) is 15.4. The molecule has 0 aliphatic carbocycles. The molecule has 28 heavy (non-hydrogen) atoms. The van der Waals surface area contributed by atoms with E-state index in [1.54, 1.807) is 36.3 Å². The van der Waals surface area contributed by atoms with Crippen molar-refractivity contribution < 1.29 is 23.8 Å². The van der Waals surface area contributed by atoms with Crippen LogP contribution in [0.1, 0.15) is 18.1 Å². The van der Waals surface area contributed by atoms with E-state index in [0.717, 1.165) is 17.7 Å². The fourth-order valence-electron chi connectivity index (χ4n) is 3.31. The van der Waals surface area contributed by atoms with E-state index in [2.05, 4.69) is 0 Å². The van der Waals surface area contributed by atoms with Crippen molar-refractivity contribution in [1.82, 2.24) is 0 Å². The third kappa shape index (κ3) is 4.17. The lowest BCUT2D eigenvalue weighted by Crippen LogP contribution is -2.38. The molecule has 6 heteroatoms. The lowest BCUT2D eigenvalue weighted by molar-refractivity contribution is -0.143. The Morgan fingerprint density at radius 1 is 1.14 bits per heavy atom. The zero-order valence-corrected chi connectivity index (χ0v) is 16.2. The topological polar surface area (TPSA) is 65.1 Å². The molecule has 0 saturated carbocycles. The number of esters is 1. The van der Waals surface area contributed by atoms with Gasteiger partial charge in [0.15, 0.2) is 6.61 Å². The Morgan fingerprint density at radius 2 is 1.93 bits per heavy atom. The van der Waals surface area contributed by atoms with E-state index in [9.17, 15) is 9.59 Å². The van der Waals surface area contributed by atoms with Crippen molar-refractivity contribution in [3.8, 4) is 11.5 Å². The van der Waals surface area contributed by atoms with E-state index in [0.29, 0.717) is 17.1 Å². The van der Waals surface area contributed by atoms with E-state index in [-0.39, 0.29) is 18.6 Å². The van der Waals surface area contributed by atoms with E-state index >= 15 is 0 Å². The number of carbonyl (C=O) groups is 2. The van der Waals surface area contributed by atoms with Crippen molar-refractivity contribution in [2.24, 2.45) is 0 Å². The molecule has 0 radical (unpaired) electrons. The Morgan fingerprint density at radius 3 is 2.68 bits per heavy atom. The monoisotopic (exact) mass is 381 g/mol. The van der Waals surface area contributed by atoms with Crippen molar-refractivity contribution >= 4 is 23.6 Å². The molecule has 0 fully saturated rings. The van der Waals surface area contributed by atoms with Crippen LogP contribution in [-0.4, -0.2) is 38.7 Å². The number of nitrogens with zero attached hydrogens (tertiary/aromatic N) is 1. The summed E-state index contributed by atoms with van der Waals surface area (Å²) >= 11 is 0. The van der Waals surface area contributed by atoms with Crippen LogP contribution in [0, 0.1) is 0 Å². The standard InChI is InChI=1S/C22H23NO5/c1-15-12-17-6-4-5-7-19(17)23(15)21(24)14-28-22(25)11-9-16-8-10-18(26-2)13-20(16)27-3/h4-11,13,15H,12,14H2,1-3H3. The maximum absolute atomic E-state index is 12.6. The lowest BCUT2D eigenvalue weighted by atomic mass is 10.1. The maximum Gasteiger partial charge on any atom is 0.331 e. The number of rotatable bonds is 6. The minimum absolute atomic E-state index is 0.0442. The molecule has 0 bridgehead atoms. The first-order chi connectivity index (χ1) is 13.5. The van der Waals surface area contributed by atoms with E-state index in [4.69, 9.17) is 14.2 Å². The molecule has 1 aliphatic heterocycles. The highest BCUT2D eigenvalue weighted by molar-refractivity contribution is 5.98. The average molecular weight is 381 g/mol. The first-order valence-electron chi connectivity index (χ1n) is 9.00. The number of para-hydroxylation sites is 1. The van der Waals surface area contributed by atoms with Gasteiger partial charge in [-0.1, -0.05) is 18.2 Å². The summed E-state index contributed by atoms with van der Waals surface area (Å²) in [5.41, 5.74) is 2.71. The molecule has 1 amide bonds. The molecule has 2 aromatic carbocycles. The average Bonchev–Trinajstić information content (AvgIpc) is 3.05. The first kappa shape index (κ1) is 19.5. The molecule has 0 saturated heterocycles. The number of benzene rings is 2. The molecular formula is C22H23NO5. The van der Waals surface area contributed by atoms with Gasteiger partial charge in [0.1, 0.15) is 11.5 Å². The number of fused-ring (bicyclic) bond motifs is 1. The fourth-order valence-corrected chi connectivity index (χ4v) is 3.31. The van der Waals surface area contributed by atoms with Gasteiger partial charge in [0.2, 0.25) is 0 Å².